The molecule has 0 atom stereocenters. The molecule has 0 spiro atoms. The highest BCUT2D eigenvalue weighted by Crippen LogP contribution is 2.32. The van der Waals surface area contributed by atoms with Crippen LogP contribution in [0.15, 0.2) is 44.7 Å². The SMILES string of the molecule is CCCCc1nc2ccc(Br)cc2c(=O)n1N=Cc1cc(Cl)cc(OC)c1O. The number of nitrogens with zero attached hydrogens (tertiary/aromatic N) is 3. The first-order valence-electron chi connectivity index (χ1n) is 8.76. The van der Waals surface area contributed by atoms with Gasteiger partial charge in [-0.2, -0.15) is 9.78 Å². The van der Waals surface area contributed by atoms with Crippen molar-refractivity contribution in [1.29, 1.82) is 0 Å². The Kier molecular flexibility index (Phi) is 6.36. The summed E-state index contributed by atoms with van der Waals surface area (Å²) in [6.07, 6.45) is 3.83. The zero-order chi connectivity index (χ0) is 20.3. The number of unbranched alkanes of at least 4 members (excludes halogenated alkanes) is 1. The van der Waals surface area contributed by atoms with Gasteiger partial charge in [0.15, 0.2) is 11.5 Å². The van der Waals surface area contributed by atoms with E-state index in [9.17, 15) is 9.90 Å². The van der Waals surface area contributed by atoms with Gasteiger partial charge in [0, 0.05) is 27.5 Å². The smallest absolute Gasteiger partial charge is 0.282 e. The zero-order valence-corrected chi connectivity index (χ0v) is 17.8. The van der Waals surface area contributed by atoms with Crippen molar-refractivity contribution < 1.29 is 9.84 Å². The lowest BCUT2D eigenvalue weighted by Crippen LogP contribution is -2.22. The molecule has 0 aliphatic carbocycles. The van der Waals surface area contributed by atoms with Gasteiger partial charge in [-0.1, -0.05) is 40.9 Å². The van der Waals surface area contributed by atoms with E-state index in [0.29, 0.717) is 33.7 Å². The maximum Gasteiger partial charge on any atom is 0.282 e. The van der Waals surface area contributed by atoms with E-state index in [1.807, 2.05) is 6.07 Å². The van der Waals surface area contributed by atoms with Gasteiger partial charge in [0.2, 0.25) is 0 Å². The third-order valence-corrected chi connectivity index (χ3v) is 4.94. The lowest BCUT2D eigenvalue weighted by atomic mass is 10.2. The summed E-state index contributed by atoms with van der Waals surface area (Å²) in [4.78, 5) is 17.7. The molecule has 3 aromatic rings. The molecule has 0 saturated heterocycles. The first-order valence-corrected chi connectivity index (χ1v) is 9.93. The lowest BCUT2D eigenvalue weighted by molar-refractivity contribution is 0.373. The molecule has 0 aliphatic rings. The monoisotopic (exact) mass is 463 g/mol. The summed E-state index contributed by atoms with van der Waals surface area (Å²) in [6.45, 7) is 2.07. The van der Waals surface area contributed by atoms with E-state index < -0.39 is 0 Å². The van der Waals surface area contributed by atoms with Crippen molar-refractivity contribution in [2.75, 3.05) is 7.11 Å². The van der Waals surface area contributed by atoms with E-state index >= 15 is 0 Å². The third-order valence-electron chi connectivity index (χ3n) is 4.23. The van der Waals surface area contributed by atoms with Crippen molar-refractivity contribution >= 4 is 44.6 Å². The highest BCUT2D eigenvalue weighted by Gasteiger charge is 2.12. The van der Waals surface area contributed by atoms with Gasteiger partial charge in [0.05, 0.1) is 24.2 Å². The average Bonchev–Trinajstić information content (AvgIpc) is 2.68. The van der Waals surface area contributed by atoms with Crippen molar-refractivity contribution in [2.45, 2.75) is 26.2 Å². The van der Waals surface area contributed by atoms with Crippen LogP contribution in [0.3, 0.4) is 0 Å². The second-order valence-electron chi connectivity index (χ2n) is 6.20. The number of aromatic hydroxyl groups is 1. The number of rotatable bonds is 6. The number of hydrogen-bond acceptors (Lipinski definition) is 5. The summed E-state index contributed by atoms with van der Waals surface area (Å²) >= 11 is 9.45. The Morgan fingerprint density at radius 3 is 2.86 bits per heavy atom. The second kappa shape index (κ2) is 8.75. The van der Waals surface area contributed by atoms with E-state index in [1.165, 1.54) is 24.1 Å². The predicted octanol–water partition coefficient (Wildman–Crippen LogP) is 4.75. The number of phenols is 1. The Hall–Kier alpha value is -2.38. The Morgan fingerprint density at radius 1 is 1.36 bits per heavy atom. The van der Waals surface area contributed by atoms with Crippen LogP contribution in [0.2, 0.25) is 5.02 Å². The fourth-order valence-corrected chi connectivity index (χ4v) is 3.36. The van der Waals surface area contributed by atoms with Crippen LogP contribution in [0.5, 0.6) is 11.5 Å². The minimum Gasteiger partial charge on any atom is -0.504 e. The molecule has 0 amide bonds. The van der Waals surface area contributed by atoms with Crippen molar-refractivity contribution in [2.24, 2.45) is 5.10 Å². The number of halogens is 2. The Labute approximate surface area is 175 Å². The summed E-state index contributed by atoms with van der Waals surface area (Å²) in [5.74, 6) is 0.690. The van der Waals surface area contributed by atoms with Crippen LogP contribution in [0.25, 0.3) is 10.9 Å². The number of aromatic nitrogens is 2. The minimum absolute atomic E-state index is 0.102. The second-order valence-corrected chi connectivity index (χ2v) is 7.55. The van der Waals surface area contributed by atoms with Crippen LogP contribution >= 0.6 is 27.5 Å². The number of aryl methyl sites for hydroxylation is 1. The number of hydrogen-bond donors (Lipinski definition) is 1. The fraction of sp³-hybridized carbons (Fsp3) is 0.250. The molecule has 1 N–H and O–H groups in total. The Balaban J connectivity index is 2.16. The van der Waals surface area contributed by atoms with Crippen molar-refractivity contribution in [3.05, 3.63) is 61.6 Å². The zero-order valence-electron chi connectivity index (χ0n) is 15.4. The van der Waals surface area contributed by atoms with Crippen molar-refractivity contribution in [3.63, 3.8) is 0 Å². The van der Waals surface area contributed by atoms with Crippen molar-refractivity contribution in [3.8, 4) is 11.5 Å². The quantitative estimate of drug-likeness (QED) is 0.534. The van der Waals surface area contributed by atoms with Gasteiger partial charge in [0.1, 0.15) is 5.82 Å². The van der Waals surface area contributed by atoms with Crippen LogP contribution in [0, 0.1) is 0 Å². The molecule has 0 unspecified atom stereocenters. The molecule has 6 nitrogen and oxygen atoms in total. The van der Waals surface area contributed by atoms with Gasteiger partial charge in [0.25, 0.3) is 5.56 Å². The van der Waals surface area contributed by atoms with Gasteiger partial charge in [-0.25, -0.2) is 4.98 Å². The lowest BCUT2D eigenvalue weighted by Gasteiger charge is -2.10. The molecule has 2 aromatic carbocycles. The molecule has 0 aliphatic heterocycles. The van der Waals surface area contributed by atoms with E-state index in [4.69, 9.17) is 16.3 Å². The highest BCUT2D eigenvalue weighted by molar-refractivity contribution is 9.10. The molecule has 0 saturated carbocycles. The number of methoxy groups -OCH3 is 1. The molecule has 0 bridgehead atoms. The maximum atomic E-state index is 13.0. The first kappa shape index (κ1) is 20.4. The molecule has 0 radical (unpaired) electrons. The van der Waals surface area contributed by atoms with E-state index in [0.717, 1.165) is 17.3 Å². The van der Waals surface area contributed by atoms with Crippen LogP contribution in [0.4, 0.5) is 0 Å². The van der Waals surface area contributed by atoms with Gasteiger partial charge in [-0.05, 0) is 30.7 Å². The number of benzene rings is 2. The fourth-order valence-electron chi connectivity index (χ4n) is 2.78. The standard InChI is InChI=1S/C20H19BrClN3O3/c1-3-4-5-18-24-16-7-6-13(21)9-15(16)20(27)25(18)23-11-12-8-14(22)10-17(28-2)19(12)26/h6-11,26H,3-5H2,1-2H3. The molecule has 3 rings (SSSR count). The Bertz CT molecular complexity index is 1110. The maximum absolute atomic E-state index is 13.0. The topological polar surface area (TPSA) is 76.7 Å². The van der Waals surface area contributed by atoms with Crippen LogP contribution < -0.4 is 10.3 Å². The molecule has 28 heavy (non-hydrogen) atoms. The molecule has 8 heteroatoms. The number of ether oxygens (including phenoxy) is 1. The van der Waals surface area contributed by atoms with Crippen LogP contribution in [0.1, 0.15) is 31.2 Å². The first-order chi connectivity index (χ1) is 13.4. The van der Waals surface area contributed by atoms with Crippen LogP contribution in [-0.4, -0.2) is 28.1 Å². The van der Waals surface area contributed by atoms with Gasteiger partial charge >= 0.3 is 0 Å². The number of phenolic OH excluding ortho intramolecular Hbond substituents is 1. The summed E-state index contributed by atoms with van der Waals surface area (Å²) in [6, 6.07) is 8.42. The molecule has 146 valence electrons. The molecular weight excluding hydrogens is 446 g/mol. The number of fused-ring (bicyclic) bond motifs is 1. The van der Waals surface area contributed by atoms with E-state index in [2.05, 4.69) is 32.9 Å². The molecule has 0 fully saturated rings. The van der Waals surface area contributed by atoms with Gasteiger partial charge in [-0.15, -0.1) is 0 Å². The van der Waals surface area contributed by atoms with E-state index in [-0.39, 0.29) is 17.1 Å². The minimum atomic E-state index is -0.276. The normalized spacial score (nSPS) is 11.4. The summed E-state index contributed by atoms with van der Waals surface area (Å²) < 4.78 is 7.17. The predicted molar refractivity (Wildman–Crippen MR) is 115 cm³/mol. The largest absolute Gasteiger partial charge is 0.504 e. The third kappa shape index (κ3) is 4.20. The summed E-state index contributed by atoms with van der Waals surface area (Å²) in [5, 5.41) is 15.5. The van der Waals surface area contributed by atoms with Crippen molar-refractivity contribution in [1.82, 2.24) is 9.66 Å². The molecule has 1 aromatic heterocycles. The molecule has 1 heterocycles. The molecular formula is C20H19BrClN3O3. The average molecular weight is 465 g/mol. The van der Waals surface area contributed by atoms with Gasteiger partial charge < -0.3 is 9.84 Å². The van der Waals surface area contributed by atoms with Crippen LogP contribution in [-0.2, 0) is 6.42 Å². The summed E-state index contributed by atoms with van der Waals surface area (Å²) in [7, 11) is 1.44. The van der Waals surface area contributed by atoms with Gasteiger partial charge in [-0.3, -0.25) is 4.79 Å². The Morgan fingerprint density at radius 2 is 2.14 bits per heavy atom. The highest BCUT2D eigenvalue weighted by atomic mass is 79.9. The van der Waals surface area contributed by atoms with E-state index in [1.54, 1.807) is 18.2 Å². The summed E-state index contributed by atoms with van der Waals surface area (Å²) in [5.41, 5.74) is 0.687.